The van der Waals surface area contributed by atoms with Crippen molar-refractivity contribution < 1.29 is 14.9 Å². The van der Waals surface area contributed by atoms with Gasteiger partial charge in [-0.3, -0.25) is 0 Å². The van der Waals surface area contributed by atoms with Gasteiger partial charge in [-0.15, -0.1) is 0 Å². The molecule has 0 aliphatic heterocycles. The van der Waals surface area contributed by atoms with Crippen LogP contribution in [0.3, 0.4) is 0 Å². The molecule has 0 aromatic heterocycles. The van der Waals surface area contributed by atoms with Crippen molar-refractivity contribution in [3.05, 3.63) is 0 Å². The van der Waals surface area contributed by atoms with E-state index in [2.05, 4.69) is 15.9 Å². The van der Waals surface area contributed by atoms with Gasteiger partial charge >= 0.3 is 0 Å². The SMILES string of the molecule is CO[C@H](CO)[C@H](Br)CO. The van der Waals surface area contributed by atoms with Gasteiger partial charge in [0.2, 0.25) is 0 Å². The standard InChI is InChI=1S/C5H11BrO3/c1-9-5(3-8)4(6)2-7/h4-5,7-8H,2-3H2,1H3/t4-,5-/m1/s1. The Morgan fingerprint density at radius 2 is 2.00 bits per heavy atom. The Hall–Kier alpha value is 0.360. The molecule has 0 bridgehead atoms. The third kappa shape index (κ3) is 3.15. The number of halogens is 1. The molecule has 0 saturated carbocycles. The summed E-state index contributed by atoms with van der Waals surface area (Å²) in [4.78, 5) is -0.174. The summed E-state index contributed by atoms with van der Waals surface area (Å²) in [6.45, 7) is -0.105. The Kier molecular flexibility index (Phi) is 5.38. The van der Waals surface area contributed by atoms with Gasteiger partial charge in [-0.2, -0.15) is 0 Å². The van der Waals surface area contributed by atoms with Crippen molar-refractivity contribution in [2.75, 3.05) is 20.3 Å². The third-order valence-electron chi connectivity index (χ3n) is 1.06. The second kappa shape index (κ2) is 5.17. The van der Waals surface area contributed by atoms with E-state index in [1.54, 1.807) is 0 Å². The minimum Gasteiger partial charge on any atom is -0.395 e. The molecule has 2 atom stereocenters. The Morgan fingerprint density at radius 3 is 2.11 bits per heavy atom. The highest BCUT2D eigenvalue weighted by Gasteiger charge is 2.15. The van der Waals surface area contributed by atoms with Crippen LogP contribution in [0.25, 0.3) is 0 Å². The Balaban J connectivity index is 3.50. The summed E-state index contributed by atoms with van der Waals surface area (Å²) >= 11 is 3.13. The number of alkyl halides is 1. The highest BCUT2D eigenvalue weighted by molar-refractivity contribution is 9.09. The van der Waals surface area contributed by atoms with Crippen molar-refractivity contribution in [1.29, 1.82) is 0 Å². The maximum Gasteiger partial charge on any atom is 0.0948 e. The molecule has 0 unspecified atom stereocenters. The first-order chi connectivity index (χ1) is 4.26. The van der Waals surface area contributed by atoms with E-state index in [1.807, 2.05) is 0 Å². The monoisotopic (exact) mass is 198 g/mol. The summed E-state index contributed by atoms with van der Waals surface area (Å²) in [7, 11) is 1.49. The summed E-state index contributed by atoms with van der Waals surface area (Å²) in [6, 6.07) is 0. The van der Waals surface area contributed by atoms with Crippen LogP contribution in [0.1, 0.15) is 0 Å². The van der Waals surface area contributed by atoms with Crippen LogP contribution in [-0.4, -0.2) is 41.5 Å². The largest absolute Gasteiger partial charge is 0.395 e. The zero-order valence-corrected chi connectivity index (χ0v) is 6.84. The van der Waals surface area contributed by atoms with Gasteiger partial charge in [-0.1, -0.05) is 15.9 Å². The molecule has 3 nitrogen and oxygen atoms in total. The molecule has 56 valence electrons. The quantitative estimate of drug-likeness (QED) is 0.614. The fourth-order valence-electron chi connectivity index (χ4n) is 0.454. The van der Waals surface area contributed by atoms with Gasteiger partial charge in [0.25, 0.3) is 0 Å². The summed E-state index contributed by atoms with van der Waals surface area (Å²) in [5.74, 6) is 0. The van der Waals surface area contributed by atoms with Crippen molar-refractivity contribution in [2.24, 2.45) is 0 Å². The molecule has 0 aromatic rings. The summed E-state index contributed by atoms with van der Waals surface area (Å²) in [5, 5.41) is 17.1. The number of aliphatic hydroxyl groups excluding tert-OH is 2. The van der Waals surface area contributed by atoms with Gasteiger partial charge in [-0.25, -0.2) is 0 Å². The molecule has 0 saturated heterocycles. The van der Waals surface area contributed by atoms with E-state index in [1.165, 1.54) is 7.11 Å². The van der Waals surface area contributed by atoms with E-state index >= 15 is 0 Å². The number of methoxy groups -OCH3 is 1. The molecule has 0 radical (unpaired) electrons. The predicted molar refractivity (Wildman–Crippen MR) is 37.7 cm³/mol. The van der Waals surface area contributed by atoms with Crippen LogP contribution in [0.15, 0.2) is 0 Å². The normalized spacial score (nSPS) is 17.3. The van der Waals surface area contributed by atoms with Crippen LogP contribution in [0.5, 0.6) is 0 Å². The zero-order valence-electron chi connectivity index (χ0n) is 5.25. The van der Waals surface area contributed by atoms with Crippen LogP contribution in [-0.2, 0) is 4.74 Å². The molecule has 4 heteroatoms. The van der Waals surface area contributed by atoms with Gasteiger partial charge in [0.05, 0.1) is 24.1 Å². The smallest absolute Gasteiger partial charge is 0.0948 e. The van der Waals surface area contributed by atoms with Gasteiger partial charge in [0.1, 0.15) is 0 Å². The second-order valence-corrected chi connectivity index (χ2v) is 2.83. The summed E-state index contributed by atoms with van der Waals surface area (Å²) < 4.78 is 4.80. The average molecular weight is 199 g/mol. The first-order valence-electron chi connectivity index (χ1n) is 2.64. The fraction of sp³-hybridized carbons (Fsp3) is 1.00. The molecular formula is C5H11BrO3. The zero-order chi connectivity index (χ0) is 7.28. The molecular weight excluding hydrogens is 188 g/mol. The predicted octanol–water partition coefficient (Wildman–Crippen LogP) is -0.251. The van der Waals surface area contributed by atoms with Crippen LogP contribution in [0.4, 0.5) is 0 Å². The first-order valence-corrected chi connectivity index (χ1v) is 3.56. The van der Waals surface area contributed by atoms with Crippen LogP contribution >= 0.6 is 15.9 Å². The topological polar surface area (TPSA) is 49.7 Å². The van der Waals surface area contributed by atoms with Crippen LogP contribution in [0, 0.1) is 0 Å². The van der Waals surface area contributed by atoms with Crippen molar-refractivity contribution in [3.8, 4) is 0 Å². The Morgan fingerprint density at radius 1 is 1.44 bits per heavy atom. The summed E-state index contributed by atoms with van der Waals surface area (Å²) in [5.41, 5.74) is 0. The molecule has 0 heterocycles. The van der Waals surface area contributed by atoms with E-state index in [4.69, 9.17) is 14.9 Å². The van der Waals surface area contributed by atoms with Crippen LogP contribution < -0.4 is 0 Å². The molecule has 0 aliphatic rings. The lowest BCUT2D eigenvalue weighted by molar-refractivity contribution is 0.0380. The molecule has 0 amide bonds. The summed E-state index contributed by atoms with van der Waals surface area (Å²) in [6.07, 6.45) is -0.310. The third-order valence-corrected chi connectivity index (χ3v) is 1.94. The lowest BCUT2D eigenvalue weighted by Gasteiger charge is -2.15. The van der Waals surface area contributed by atoms with Gasteiger partial charge in [0, 0.05) is 7.11 Å². The Bertz CT molecular complexity index is 65.2. The first kappa shape index (κ1) is 9.36. The van der Waals surface area contributed by atoms with Gasteiger partial charge in [-0.05, 0) is 0 Å². The minimum atomic E-state index is -0.310. The van der Waals surface area contributed by atoms with E-state index in [-0.39, 0.29) is 24.1 Å². The highest BCUT2D eigenvalue weighted by atomic mass is 79.9. The van der Waals surface area contributed by atoms with E-state index in [9.17, 15) is 0 Å². The molecule has 0 fully saturated rings. The molecule has 0 rings (SSSR count). The van der Waals surface area contributed by atoms with E-state index in [0.717, 1.165) is 0 Å². The molecule has 0 aliphatic carbocycles. The van der Waals surface area contributed by atoms with Crippen molar-refractivity contribution >= 4 is 15.9 Å². The number of rotatable bonds is 4. The molecule has 2 N–H and O–H groups in total. The van der Waals surface area contributed by atoms with Crippen LogP contribution in [0.2, 0.25) is 0 Å². The lowest BCUT2D eigenvalue weighted by atomic mass is 10.3. The number of hydrogen-bond donors (Lipinski definition) is 2. The van der Waals surface area contributed by atoms with Gasteiger partial charge < -0.3 is 14.9 Å². The molecule has 9 heavy (non-hydrogen) atoms. The maximum atomic E-state index is 8.56. The number of aliphatic hydroxyl groups is 2. The minimum absolute atomic E-state index is 0.0287. The highest BCUT2D eigenvalue weighted by Crippen LogP contribution is 2.06. The van der Waals surface area contributed by atoms with Crippen molar-refractivity contribution in [1.82, 2.24) is 0 Å². The number of hydrogen-bond acceptors (Lipinski definition) is 3. The van der Waals surface area contributed by atoms with Crippen molar-refractivity contribution in [2.45, 2.75) is 10.9 Å². The second-order valence-electron chi connectivity index (χ2n) is 1.66. The van der Waals surface area contributed by atoms with E-state index < -0.39 is 0 Å². The van der Waals surface area contributed by atoms with E-state index in [0.29, 0.717) is 0 Å². The fourth-order valence-corrected chi connectivity index (χ4v) is 0.837. The lowest BCUT2D eigenvalue weighted by Crippen LogP contribution is -2.29. The van der Waals surface area contributed by atoms with Gasteiger partial charge in [0.15, 0.2) is 0 Å². The number of ether oxygens (including phenoxy) is 1. The average Bonchev–Trinajstić information content (AvgIpc) is 1.90. The maximum absolute atomic E-state index is 8.56. The molecule has 0 spiro atoms. The Labute approximate surface area is 62.8 Å². The van der Waals surface area contributed by atoms with Crippen molar-refractivity contribution in [3.63, 3.8) is 0 Å². The molecule has 0 aromatic carbocycles.